The second-order valence-corrected chi connectivity index (χ2v) is 10.4. The maximum atomic E-state index is 13.4. The van der Waals surface area contributed by atoms with Crippen LogP contribution < -0.4 is 14.3 Å². The number of ether oxygens (including phenoxy) is 1. The molecule has 186 valence electrons. The third-order valence-corrected chi connectivity index (χ3v) is 8.23. The number of aromatic nitrogens is 2. The van der Waals surface area contributed by atoms with E-state index in [0.29, 0.717) is 30.7 Å². The summed E-state index contributed by atoms with van der Waals surface area (Å²) < 4.78 is 61.7. The van der Waals surface area contributed by atoms with Gasteiger partial charge in [-0.3, -0.25) is 0 Å². The molecule has 1 aromatic carbocycles. The Morgan fingerprint density at radius 3 is 2.31 bits per heavy atom. The molecule has 1 fully saturated rings. The zero-order valence-corrected chi connectivity index (χ0v) is 19.4. The van der Waals surface area contributed by atoms with Gasteiger partial charge in [0.05, 0.1) is 24.1 Å². The molecule has 2 aromatic rings. The summed E-state index contributed by atoms with van der Waals surface area (Å²) in [6.45, 7) is -2.26. The van der Waals surface area contributed by atoms with Crippen LogP contribution >= 0.6 is 0 Å². The molecule has 2 N–H and O–H groups in total. The molecular formula is C22H28F2N5NaO4S. The fourth-order valence-electron chi connectivity index (χ4n) is 5.29. The van der Waals surface area contributed by atoms with Crippen molar-refractivity contribution in [3.05, 3.63) is 40.7 Å². The van der Waals surface area contributed by atoms with Crippen molar-refractivity contribution in [1.82, 2.24) is 14.5 Å². The molecule has 0 bridgehead atoms. The zero-order chi connectivity index (χ0) is 23.9. The van der Waals surface area contributed by atoms with Gasteiger partial charge in [0.2, 0.25) is 0 Å². The average Bonchev–Trinajstić information content (AvgIpc) is 3.54. The zero-order valence-electron chi connectivity index (χ0n) is 18.6. The van der Waals surface area contributed by atoms with Crippen molar-refractivity contribution in [2.24, 2.45) is 0 Å². The van der Waals surface area contributed by atoms with Crippen LogP contribution in [0.5, 0.6) is 0 Å². The molecule has 2 heterocycles. The van der Waals surface area contributed by atoms with E-state index in [1.54, 1.807) is 0 Å². The van der Waals surface area contributed by atoms with Gasteiger partial charge in [-0.1, -0.05) is 6.07 Å². The van der Waals surface area contributed by atoms with Gasteiger partial charge in [-0.05, 0) is 73.6 Å². The average molecular weight is 520 g/mol. The second kappa shape index (κ2) is 10.7. The predicted octanol–water partition coefficient (Wildman–Crippen LogP) is 2.66. The Labute approximate surface area is 225 Å². The van der Waals surface area contributed by atoms with Gasteiger partial charge in [0.1, 0.15) is 0 Å². The molecule has 3 aliphatic rings. The number of alkyl halides is 2. The molecule has 0 spiro atoms. The molecule has 13 heteroatoms. The molecule has 0 unspecified atom stereocenters. The molecule has 2 amide bonds. The van der Waals surface area contributed by atoms with Crippen LogP contribution in [0.25, 0.3) is 0 Å². The number of hydrogen-bond donors (Lipinski definition) is 2. The summed E-state index contributed by atoms with van der Waals surface area (Å²) in [5.41, 5.74) is 5.26. The number of nitrogens with zero attached hydrogens (tertiary/aromatic N) is 3. The Bertz CT molecular complexity index is 1170. The van der Waals surface area contributed by atoms with E-state index in [2.05, 4.69) is 21.2 Å². The molecule has 0 radical (unpaired) electrons. The number of carbonyl (C=O) groups is 1. The van der Waals surface area contributed by atoms with Crippen LogP contribution in [0.2, 0.25) is 0 Å². The molecular weight excluding hydrogens is 491 g/mol. The van der Waals surface area contributed by atoms with Crippen molar-refractivity contribution in [2.75, 3.05) is 22.8 Å². The Balaban J connectivity index is 0.00000289. The predicted molar refractivity (Wildman–Crippen MR) is 129 cm³/mol. The van der Waals surface area contributed by atoms with Crippen molar-refractivity contribution in [1.29, 1.82) is 0 Å². The Morgan fingerprint density at radius 2 is 1.74 bits per heavy atom. The Hall–Kier alpha value is -1.73. The summed E-state index contributed by atoms with van der Waals surface area (Å²) in [7, 11) is -4.42. The number of carbonyl (C=O) groups excluding carboxylic acids is 1. The van der Waals surface area contributed by atoms with Crippen LogP contribution in [0, 0.1) is 0 Å². The molecule has 0 atom stereocenters. The van der Waals surface area contributed by atoms with E-state index < -0.39 is 28.8 Å². The summed E-state index contributed by atoms with van der Waals surface area (Å²) >= 11 is 0. The van der Waals surface area contributed by atoms with Crippen molar-refractivity contribution < 1.29 is 26.7 Å². The number of amides is 2. The number of rotatable bonds is 6. The van der Waals surface area contributed by atoms with Crippen molar-refractivity contribution in [3.8, 4) is 0 Å². The van der Waals surface area contributed by atoms with Crippen LogP contribution in [0.15, 0.2) is 18.5 Å². The van der Waals surface area contributed by atoms with E-state index in [-0.39, 0.29) is 35.2 Å². The fraction of sp³-hybridized carbons (Fsp3) is 0.545. The van der Waals surface area contributed by atoms with E-state index in [1.807, 2.05) is 0 Å². The van der Waals surface area contributed by atoms with Crippen LogP contribution in [0.3, 0.4) is 0 Å². The minimum absolute atomic E-state index is 0. The summed E-state index contributed by atoms with van der Waals surface area (Å²) in [6, 6.07) is 0.796. The number of fused-ring (bicyclic) bond motifs is 2. The Kier molecular flexibility index (Phi) is 8.06. The van der Waals surface area contributed by atoms with E-state index in [4.69, 9.17) is 4.74 Å². The molecule has 0 saturated carbocycles. The third-order valence-electron chi connectivity index (χ3n) is 6.76. The second-order valence-electron chi connectivity index (χ2n) is 8.89. The molecule has 1 saturated heterocycles. The summed E-state index contributed by atoms with van der Waals surface area (Å²) in [6.07, 6.45) is 8.33. The van der Waals surface area contributed by atoms with Gasteiger partial charge in [0.25, 0.3) is 0 Å². The molecule has 5 rings (SSSR count). The van der Waals surface area contributed by atoms with Gasteiger partial charge in [-0.25, -0.2) is 18.5 Å². The number of anilines is 2. The van der Waals surface area contributed by atoms with Gasteiger partial charge < -0.3 is 10.1 Å². The Morgan fingerprint density at radius 1 is 1.11 bits per heavy atom. The number of benzene rings is 1. The SMILES string of the molecule is O=C(Nc1c2c(cc3c1CCC3)CCC2)NS(=O)(=O)N(c1cnn(C(F)F)c1)C1CCOCC1.[NaH]. The summed E-state index contributed by atoms with van der Waals surface area (Å²) in [5, 5.41) is 6.38. The topological polar surface area (TPSA) is 106 Å². The normalized spacial score (nSPS) is 17.6. The molecule has 2 aliphatic carbocycles. The van der Waals surface area contributed by atoms with Crippen LogP contribution in [-0.4, -0.2) is 73.0 Å². The summed E-state index contributed by atoms with van der Waals surface area (Å²) in [5.74, 6) is 0. The van der Waals surface area contributed by atoms with Crippen molar-refractivity contribution in [2.45, 2.75) is 64.0 Å². The first-order valence-electron chi connectivity index (χ1n) is 11.5. The maximum absolute atomic E-state index is 13.4. The molecule has 9 nitrogen and oxygen atoms in total. The molecule has 1 aromatic heterocycles. The van der Waals surface area contributed by atoms with Crippen LogP contribution in [0.4, 0.5) is 25.0 Å². The van der Waals surface area contributed by atoms with E-state index >= 15 is 0 Å². The molecule has 35 heavy (non-hydrogen) atoms. The number of hydrogen-bond acceptors (Lipinski definition) is 5. The van der Waals surface area contributed by atoms with E-state index in [9.17, 15) is 22.0 Å². The number of halogens is 2. The quantitative estimate of drug-likeness (QED) is 0.571. The van der Waals surface area contributed by atoms with Gasteiger partial charge >= 0.3 is 52.3 Å². The third kappa shape index (κ3) is 5.36. The van der Waals surface area contributed by atoms with E-state index in [1.165, 1.54) is 11.1 Å². The first-order chi connectivity index (χ1) is 16.3. The standard InChI is InChI=1S/C22H27F2N5O4S.Na.H/c23-21(24)28-13-17(12-25-28)29(16-7-9-33-10-8-16)34(31,32)27-22(30)26-20-18-5-1-3-14(18)11-15-4-2-6-19(15)20;;/h11-13,16,21H,1-10H2,(H2,26,27,30);;. The van der Waals surface area contributed by atoms with Gasteiger partial charge in [-0.2, -0.15) is 22.3 Å². The first-order valence-corrected chi connectivity index (χ1v) is 13.0. The number of aryl methyl sites for hydroxylation is 2. The van der Waals surface area contributed by atoms with Crippen LogP contribution in [0.1, 0.15) is 54.5 Å². The van der Waals surface area contributed by atoms with Gasteiger partial charge in [0.15, 0.2) is 0 Å². The molecule has 1 aliphatic heterocycles. The number of urea groups is 1. The van der Waals surface area contributed by atoms with Gasteiger partial charge in [0, 0.05) is 18.9 Å². The van der Waals surface area contributed by atoms with Crippen molar-refractivity contribution in [3.63, 3.8) is 0 Å². The van der Waals surface area contributed by atoms with Gasteiger partial charge in [-0.15, -0.1) is 0 Å². The van der Waals surface area contributed by atoms with Crippen LogP contribution in [-0.2, 0) is 40.6 Å². The fourth-order valence-corrected chi connectivity index (χ4v) is 6.65. The first kappa shape index (κ1) is 26.3. The monoisotopic (exact) mass is 519 g/mol. The van der Waals surface area contributed by atoms with E-state index in [0.717, 1.165) is 72.0 Å². The summed E-state index contributed by atoms with van der Waals surface area (Å²) in [4.78, 5) is 13.0. The minimum atomic E-state index is -4.42. The van der Waals surface area contributed by atoms with Crippen molar-refractivity contribution >= 4 is 57.2 Å². The number of nitrogens with one attached hydrogen (secondary N) is 2.